The normalized spacial score (nSPS) is 16.6. The molecule has 7 nitrogen and oxygen atoms in total. The average Bonchev–Trinajstić information content (AvgIpc) is 2.80. The van der Waals surface area contributed by atoms with Crippen LogP contribution in [0.25, 0.3) is 11.3 Å². The zero-order valence-electron chi connectivity index (χ0n) is 17.3. The van der Waals surface area contributed by atoms with Gasteiger partial charge in [0.2, 0.25) is 5.91 Å². The summed E-state index contributed by atoms with van der Waals surface area (Å²) in [6.45, 7) is 4.63. The molecule has 0 saturated carbocycles. The molecule has 1 amide bonds. The van der Waals surface area contributed by atoms with Crippen molar-refractivity contribution in [1.82, 2.24) is 9.97 Å². The number of aromatic nitrogens is 2. The molecule has 0 atom stereocenters. The first-order valence-corrected chi connectivity index (χ1v) is 10.6. The molecule has 31 heavy (non-hydrogen) atoms. The van der Waals surface area contributed by atoms with Crippen LogP contribution in [0.15, 0.2) is 67.0 Å². The maximum atomic E-state index is 12.6. The summed E-state index contributed by atoms with van der Waals surface area (Å²) in [6, 6.07) is 20.1. The van der Waals surface area contributed by atoms with Crippen LogP contribution in [0.1, 0.15) is 0 Å². The van der Waals surface area contributed by atoms with E-state index in [9.17, 15) is 4.79 Å². The Morgan fingerprint density at radius 2 is 1.68 bits per heavy atom. The molecular formula is C24H25N5O2. The monoisotopic (exact) mass is 415 g/mol. The smallest absolute Gasteiger partial charge is 0.231 e. The number of hydrogen-bond acceptors (Lipinski definition) is 6. The molecule has 0 radical (unpaired) electrons. The summed E-state index contributed by atoms with van der Waals surface area (Å²) in [7, 11) is 0. The van der Waals surface area contributed by atoms with Crippen LogP contribution >= 0.6 is 0 Å². The number of carbonyl (C=O) groups is 1. The number of ether oxygens (including phenoxy) is 1. The van der Waals surface area contributed by atoms with E-state index in [4.69, 9.17) is 4.74 Å². The Morgan fingerprint density at radius 1 is 0.935 bits per heavy atom. The number of rotatable bonds is 5. The largest absolute Gasteiger partial charge is 0.378 e. The van der Waals surface area contributed by atoms with Gasteiger partial charge in [0.25, 0.3) is 0 Å². The molecule has 0 unspecified atom stereocenters. The topological polar surface area (TPSA) is 70.6 Å². The van der Waals surface area contributed by atoms with Crippen molar-refractivity contribution in [3.8, 4) is 11.3 Å². The SMILES string of the molecule is O=C(Nc1ccc(N2CCOCC2)cc1)C1CN(c2cc(-c3ccccc3)ncn2)C1. The van der Waals surface area contributed by atoms with E-state index in [2.05, 4.69) is 37.2 Å². The number of amides is 1. The lowest BCUT2D eigenvalue weighted by molar-refractivity contribution is -0.120. The van der Waals surface area contributed by atoms with E-state index in [1.807, 2.05) is 48.5 Å². The summed E-state index contributed by atoms with van der Waals surface area (Å²) < 4.78 is 5.40. The van der Waals surface area contributed by atoms with Crippen molar-refractivity contribution in [3.63, 3.8) is 0 Å². The second-order valence-corrected chi connectivity index (χ2v) is 7.86. The fourth-order valence-corrected chi connectivity index (χ4v) is 3.94. The van der Waals surface area contributed by atoms with Gasteiger partial charge in [-0.1, -0.05) is 30.3 Å². The Labute approximate surface area is 181 Å². The summed E-state index contributed by atoms with van der Waals surface area (Å²) in [6.07, 6.45) is 1.58. The highest BCUT2D eigenvalue weighted by Gasteiger charge is 2.33. The molecule has 5 rings (SSSR count). The molecule has 1 aromatic heterocycles. The minimum Gasteiger partial charge on any atom is -0.378 e. The van der Waals surface area contributed by atoms with Crippen molar-refractivity contribution >= 4 is 23.1 Å². The van der Waals surface area contributed by atoms with Crippen LogP contribution in [0.2, 0.25) is 0 Å². The maximum Gasteiger partial charge on any atom is 0.231 e. The molecular weight excluding hydrogens is 390 g/mol. The number of benzene rings is 2. The summed E-state index contributed by atoms with van der Waals surface area (Å²) in [5.74, 6) is 0.856. The van der Waals surface area contributed by atoms with Crippen LogP contribution in [0.5, 0.6) is 0 Å². The van der Waals surface area contributed by atoms with E-state index in [1.165, 1.54) is 0 Å². The number of anilines is 3. The molecule has 2 aliphatic heterocycles. The second-order valence-electron chi connectivity index (χ2n) is 7.86. The number of morpholine rings is 1. The fourth-order valence-electron chi connectivity index (χ4n) is 3.94. The Kier molecular flexibility index (Phi) is 5.50. The summed E-state index contributed by atoms with van der Waals surface area (Å²) >= 11 is 0. The first kappa shape index (κ1) is 19.5. The van der Waals surface area contributed by atoms with E-state index in [-0.39, 0.29) is 11.8 Å². The van der Waals surface area contributed by atoms with E-state index < -0.39 is 0 Å². The first-order valence-electron chi connectivity index (χ1n) is 10.6. The van der Waals surface area contributed by atoms with Crippen molar-refractivity contribution in [2.45, 2.75) is 0 Å². The van der Waals surface area contributed by atoms with E-state index >= 15 is 0 Å². The van der Waals surface area contributed by atoms with Crippen LogP contribution in [0.4, 0.5) is 17.2 Å². The molecule has 2 fully saturated rings. The fraction of sp³-hybridized carbons (Fsp3) is 0.292. The molecule has 0 aliphatic carbocycles. The molecule has 2 saturated heterocycles. The second kappa shape index (κ2) is 8.73. The highest BCUT2D eigenvalue weighted by Crippen LogP contribution is 2.27. The maximum absolute atomic E-state index is 12.6. The van der Waals surface area contributed by atoms with Gasteiger partial charge < -0.3 is 19.9 Å². The molecule has 3 aromatic rings. The van der Waals surface area contributed by atoms with Crippen LogP contribution in [-0.4, -0.2) is 55.3 Å². The van der Waals surface area contributed by atoms with Crippen LogP contribution in [-0.2, 0) is 9.53 Å². The highest BCUT2D eigenvalue weighted by atomic mass is 16.5. The zero-order chi connectivity index (χ0) is 21.0. The number of nitrogens with one attached hydrogen (secondary N) is 1. The minimum absolute atomic E-state index is 0.0472. The number of carbonyl (C=O) groups excluding carboxylic acids is 1. The summed E-state index contributed by atoms with van der Waals surface area (Å²) in [4.78, 5) is 25.8. The molecule has 158 valence electrons. The van der Waals surface area contributed by atoms with E-state index in [0.29, 0.717) is 13.1 Å². The first-order chi connectivity index (χ1) is 15.3. The third-order valence-electron chi connectivity index (χ3n) is 5.81. The number of nitrogens with zero attached hydrogens (tertiary/aromatic N) is 4. The minimum atomic E-state index is -0.0472. The van der Waals surface area contributed by atoms with Crippen LogP contribution in [0.3, 0.4) is 0 Å². The van der Waals surface area contributed by atoms with Crippen molar-refractivity contribution in [2.24, 2.45) is 5.92 Å². The van der Waals surface area contributed by atoms with Crippen molar-refractivity contribution < 1.29 is 9.53 Å². The van der Waals surface area contributed by atoms with Gasteiger partial charge in [-0.2, -0.15) is 0 Å². The predicted molar refractivity (Wildman–Crippen MR) is 121 cm³/mol. The molecule has 2 aliphatic rings. The predicted octanol–water partition coefficient (Wildman–Crippen LogP) is 3.06. The Bertz CT molecular complexity index is 1030. The molecule has 3 heterocycles. The van der Waals surface area contributed by atoms with Gasteiger partial charge in [-0.15, -0.1) is 0 Å². The lowest BCUT2D eigenvalue weighted by atomic mass is 9.99. The Balaban J connectivity index is 1.16. The third-order valence-corrected chi connectivity index (χ3v) is 5.81. The van der Waals surface area contributed by atoms with E-state index in [1.54, 1.807) is 6.33 Å². The quantitative estimate of drug-likeness (QED) is 0.691. The van der Waals surface area contributed by atoms with E-state index in [0.717, 1.165) is 54.8 Å². The van der Waals surface area contributed by atoms with Gasteiger partial charge in [0.1, 0.15) is 12.1 Å². The molecule has 1 N–H and O–H groups in total. The van der Waals surface area contributed by atoms with Crippen LogP contribution < -0.4 is 15.1 Å². The Hall–Kier alpha value is -3.45. The molecule has 0 spiro atoms. The van der Waals surface area contributed by atoms with Gasteiger partial charge in [0.05, 0.1) is 24.8 Å². The van der Waals surface area contributed by atoms with Crippen LogP contribution in [0, 0.1) is 5.92 Å². The molecule has 0 bridgehead atoms. The van der Waals surface area contributed by atoms with Crippen molar-refractivity contribution in [3.05, 3.63) is 67.0 Å². The standard InChI is InChI=1S/C24H25N5O2/c30-24(27-20-6-8-21(9-7-20)28-10-12-31-13-11-28)19-15-29(16-19)23-14-22(25-17-26-23)18-4-2-1-3-5-18/h1-9,14,17,19H,10-13,15-16H2,(H,27,30). The summed E-state index contributed by atoms with van der Waals surface area (Å²) in [5.41, 5.74) is 3.93. The summed E-state index contributed by atoms with van der Waals surface area (Å²) in [5, 5.41) is 3.04. The van der Waals surface area contributed by atoms with Gasteiger partial charge in [-0.25, -0.2) is 9.97 Å². The lowest BCUT2D eigenvalue weighted by Crippen LogP contribution is -2.52. The van der Waals surface area contributed by atoms with Gasteiger partial charge in [-0.3, -0.25) is 4.79 Å². The Morgan fingerprint density at radius 3 is 2.42 bits per heavy atom. The third kappa shape index (κ3) is 4.36. The van der Waals surface area contributed by atoms with Crippen molar-refractivity contribution in [2.75, 3.05) is 54.5 Å². The van der Waals surface area contributed by atoms with Gasteiger partial charge in [0.15, 0.2) is 0 Å². The number of hydrogen-bond donors (Lipinski definition) is 1. The van der Waals surface area contributed by atoms with Gasteiger partial charge >= 0.3 is 0 Å². The average molecular weight is 415 g/mol. The lowest BCUT2D eigenvalue weighted by Gasteiger charge is -2.39. The van der Waals surface area contributed by atoms with Gasteiger partial charge in [0, 0.05) is 49.2 Å². The van der Waals surface area contributed by atoms with Gasteiger partial charge in [-0.05, 0) is 24.3 Å². The van der Waals surface area contributed by atoms with Crippen molar-refractivity contribution in [1.29, 1.82) is 0 Å². The highest BCUT2D eigenvalue weighted by molar-refractivity contribution is 5.94. The molecule has 2 aromatic carbocycles. The molecule has 7 heteroatoms. The zero-order valence-corrected chi connectivity index (χ0v) is 17.3.